The molecule has 4 heteroatoms. The predicted octanol–water partition coefficient (Wildman–Crippen LogP) is 2.48. The van der Waals surface area contributed by atoms with Gasteiger partial charge in [0.2, 0.25) is 0 Å². The van der Waals surface area contributed by atoms with Crippen LogP contribution in [0.25, 0.3) is 0 Å². The zero-order valence-electron chi connectivity index (χ0n) is 8.91. The molecule has 0 aliphatic carbocycles. The second-order valence-electron chi connectivity index (χ2n) is 4.58. The highest BCUT2D eigenvalue weighted by Gasteiger charge is 2.42. The summed E-state index contributed by atoms with van der Waals surface area (Å²) in [6.07, 6.45) is 1.85. The van der Waals surface area contributed by atoms with E-state index in [2.05, 4.69) is 0 Å². The SMILES string of the molecule is N[C@H]1CC2(CCSC2)Oc2ccc(F)cc21. The number of nitrogens with two attached hydrogens (primary N) is 1. The monoisotopic (exact) mass is 239 g/mol. The molecule has 0 aromatic heterocycles. The van der Waals surface area contributed by atoms with Crippen LogP contribution in [0.5, 0.6) is 5.75 Å². The first kappa shape index (κ1) is 10.4. The Balaban J connectivity index is 1.99. The molecule has 3 rings (SSSR count). The van der Waals surface area contributed by atoms with Gasteiger partial charge in [-0.05, 0) is 30.4 Å². The van der Waals surface area contributed by atoms with Crippen molar-refractivity contribution in [3.8, 4) is 5.75 Å². The highest BCUT2D eigenvalue weighted by molar-refractivity contribution is 7.99. The summed E-state index contributed by atoms with van der Waals surface area (Å²) in [5.41, 5.74) is 6.82. The lowest BCUT2D eigenvalue weighted by Gasteiger charge is -2.38. The number of fused-ring (bicyclic) bond motifs is 1. The van der Waals surface area contributed by atoms with E-state index < -0.39 is 0 Å². The van der Waals surface area contributed by atoms with E-state index in [0.717, 1.165) is 35.7 Å². The first-order chi connectivity index (χ1) is 7.69. The van der Waals surface area contributed by atoms with Crippen LogP contribution in [-0.2, 0) is 0 Å². The van der Waals surface area contributed by atoms with E-state index >= 15 is 0 Å². The molecular weight excluding hydrogens is 225 g/mol. The number of thioether (sulfide) groups is 1. The highest BCUT2D eigenvalue weighted by atomic mass is 32.2. The van der Waals surface area contributed by atoms with Gasteiger partial charge in [0.05, 0.1) is 0 Å². The van der Waals surface area contributed by atoms with E-state index in [1.165, 1.54) is 12.1 Å². The van der Waals surface area contributed by atoms with Gasteiger partial charge in [0.15, 0.2) is 0 Å². The second-order valence-corrected chi connectivity index (χ2v) is 5.69. The third kappa shape index (κ3) is 1.60. The average molecular weight is 239 g/mol. The van der Waals surface area contributed by atoms with Gasteiger partial charge in [0.25, 0.3) is 0 Å². The Labute approximate surface area is 98.4 Å². The van der Waals surface area contributed by atoms with Crippen LogP contribution in [0.2, 0.25) is 0 Å². The third-order valence-electron chi connectivity index (χ3n) is 3.36. The minimum absolute atomic E-state index is 0.0989. The summed E-state index contributed by atoms with van der Waals surface area (Å²) in [5, 5.41) is 0. The molecule has 2 N–H and O–H groups in total. The summed E-state index contributed by atoms with van der Waals surface area (Å²) in [4.78, 5) is 0. The number of benzene rings is 1. The lowest BCUT2D eigenvalue weighted by atomic mass is 9.87. The summed E-state index contributed by atoms with van der Waals surface area (Å²) >= 11 is 1.90. The molecule has 1 aromatic rings. The van der Waals surface area contributed by atoms with Crippen LogP contribution in [0.3, 0.4) is 0 Å². The number of rotatable bonds is 0. The van der Waals surface area contributed by atoms with E-state index in [4.69, 9.17) is 10.5 Å². The molecule has 86 valence electrons. The minimum Gasteiger partial charge on any atom is -0.486 e. The highest BCUT2D eigenvalue weighted by Crippen LogP contribution is 2.45. The maximum atomic E-state index is 13.1. The maximum Gasteiger partial charge on any atom is 0.125 e. The third-order valence-corrected chi connectivity index (χ3v) is 4.58. The number of halogens is 1. The van der Waals surface area contributed by atoms with Crippen molar-refractivity contribution in [1.29, 1.82) is 0 Å². The molecule has 0 amide bonds. The molecule has 2 heterocycles. The van der Waals surface area contributed by atoms with Gasteiger partial charge < -0.3 is 10.5 Å². The van der Waals surface area contributed by atoms with Crippen LogP contribution < -0.4 is 10.5 Å². The zero-order valence-corrected chi connectivity index (χ0v) is 9.73. The fraction of sp³-hybridized carbons (Fsp3) is 0.500. The topological polar surface area (TPSA) is 35.2 Å². The Bertz CT molecular complexity index is 417. The normalized spacial score (nSPS) is 32.5. The van der Waals surface area contributed by atoms with Gasteiger partial charge in [-0.2, -0.15) is 11.8 Å². The lowest BCUT2D eigenvalue weighted by Crippen LogP contribution is -2.43. The Morgan fingerprint density at radius 2 is 2.38 bits per heavy atom. The molecule has 2 nitrogen and oxygen atoms in total. The van der Waals surface area contributed by atoms with E-state index in [1.807, 2.05) is 11.8 Å². The van der Waals surface area contributed by atoms with Gasteiger partial charge in [0.1, 0.15) is 17.2 Å². The fourth-order valence-electron chi connectivity index (χ4n) is 2.52. The molecule has 1 saturated heterocycles. The van der Waals surface area contributed by atoms with Gasteiger partial charge in [0, 0.05) is 23.8 Å². The van der Waals surface area contributed by atoms with Crippen LogP contribution in [0.1, 0.15) is 24.4 Å². The molecular formula is C12H14FNOS. The van der Waals surface area contributed by atoms with Crippen molar-refractivity contribution in [2.45, 2.75) is 24.5 Å². The van der Waals surface area contributed by atoms with Crippen LogP contribution in [0.15, 0.2) is 18.2 Å². The van der Waals surface area contributed by atoms with E-state index in [-0.39, 0.29) is 17.5 Å². The van der Waals surface area contributed by atoms with Crippen molar-refractivity contribution in [1.82, 2.24) is 0 Å². The van der Waals surface area contributed by atoms with Crippen molar-refractivity contribution in [2.24, 2.45) is 5.73 Å². The number of hydrogen-bond donors (Lipinski definition) is 1. The Morgan fingerprint density at radius 3 is 3.12 bits per heavy atom. The van der Waals surface area contributed by atoms with Gasteiger partial charge in [-0.15, -0.1) is 0 Å². The molecule has 0 bridgehead atoms. The molecule has 16 heavy (non-hydrogen) atoms. The van der Waals surface area contributed by atoms with Crippen LogP contribution in [-0.4, -0.2) is 17.1 Å². The molecule has 2 atom stereocenters. The molecule has 2 aliphatic rings. The van der Waals surface area contributed by atoms with Gasteiger partial charge in [-0.1, -0.05) is 0 Å². The van der Waals surface area contributed by atoms with Crippen LogP contribution in [0.4, 0.5) is 4.39 Å². The number of hydrogen-bond acceptors (Lipinski definition) is 3. The van der Waals surface area contributed by atoms with Crippen molar-refractivity contribution < 1.29 is 9.13 Å². The summed E-state index contributed by atoms with van der Waals surface area (Å²) in [6.45, 7) is 0. The van der Waals surface area contributed by atoms with E-state index in [1.54, 1.807) is 6.07 Å². The second kappa shape index (κ2) is 3.64. The smallest absolute Gasteiger partial charge is 0.125 e. The van der Waals surface area contributed by atoms with Crippen LogP contribution >= 0.6 is 11.8 Å². The molecule has 1 unspecified atom stereocenters. The van der Waals surface area contributed by atoms with Crippen molar-refractivity contribution in [3.05, 3.63) is 29.6 Å². The Morgan fingerprint density at radius 1 is 1.50 bits per heavy atom. The first-order valence-electron chi connectivity index (χ1n) is 5.50. The van der Waals surface area contributed by atoms with Gasteiger partial charge in [-0.3, -0.25) is 0 Å². The molecule has 2 aliphatic heterocycles. The van der Waals surface area contributed by atoms with Crippen molar-refractivity contribution in [2.75, 3.05) is 11.5 Å². The predicted molar refractivity (Wildman–Crippen MR) is 63.2 cm³/mol. The van der Waals surface area contributed by atoms with E-state index in [0.29, 0.717) is 0 Å². The fourth-order valence-corrected chi connectivity index (χ4v) is 3.87. The van der Waals surface area contributed by atoms with Crippen LogP contribution in [0, 0.1) is 5.82 Å². The quantitative estimate of drug-likeness (QED) is 0.755. The largest absolute Gasteiger partial charge is 0.486 e. The molecule has 1 aromatic carbocycles. The van der Waals surface area contributed by atoms with E-state index in [9.17, 15) is 4.39 Å². The average Bonchev–Trinajstić information content (AvgIpc) is 2.68. The lowest BCUT2D eigenvalue weighted by molar-refractivity contribution is 0.0613. The van der Waals surface area contributed by atoms with Crippen molar-refractivity contribution >= 4 is 11.8 Å². The molecule has 0 saturated carbocycles. The first-order valence-corrected chi connectivity index (χ1v) is 6.66. The summed E-state index contributed by atoms with van der Waals surface area (Å²) in [7, 11) is 0. The maximum absolute atomic E-state index is 13.1. The summed E-state index contributed by atoms with van der Waals surface area (Å²) < 4.78 is 19.2. The summed E-state index contributed by atoms with van der Waals surface area (Å²) in [6, 6.07) is 4.54. The molecule has 1 fully saturated rings. The standard InChI is InChI=1S/C12H14FNOS/c13-8-1-2-11-9(5-8)10(14)6-12(15-11)3-4-16-7-12/h1-2,5,10H,3-4,6-7,14H2/t10-,12?/m0/s1. The molecule has 0 radical (unpaired) electrons. The molecule has 1 spiro atoms. The van der Waals surface area contributed by atoms with Crippen molar-refractivity contribution in [3.63, 3.8) is 0 Å². The van der Waals surface area contributed by atoms with Gasteiger partial charge >= 0.3 is 0 Å². The zero-order chi connectivity index (χ0) is 11.2. The number of ether oxygens (including phenoxy) is 1. The van der Waals surface area contributed by atoms with Gasteiger partial charge in [-0.25, -0.2) is 4.39 Å². The summed E-state index contributed by atoms with van der Waals surface area (Å²) in [5.74, 6) is 2.65. The Kier molecular flexibility index (Phi) is 2.37. The Hall–Kier alpha value is -0.740. The minimum atomic E-state index is -0.241.